The molecule has 4 rings (SSSR count). The predicted octanol–water partition coefficient (Wildman–Crippen LogP) is 4.71. The average molecular weight is 457 g/mol. The van der Waals surface area contributed by atoms with Crippen LogP contribution in [0.1, 0.15) is 25.8 Å². The fourth-order valence-corrected chi connectivity index (χ4v) is 4.38. The molecule has 1 fully saturated rings. The SMILES string of the molecule is CN1CCN(C(C)(C)CCc2cc3ncnc(Nc4ccc(F)c(Cl)c4)c3cc2N)CC1. The smallest absolute Gasteiger partial charge is 0.141 e. The van der Waals surface area contributed by atoms with Gasteiger partial charge in [-0.25, -0.2) is 14.4 Å². The molecule has 0 atom stereocenters. The van der Waals surface area contributed by atoms with Crippen molar-refractivity contribution in [3.05, 3.63) is 53.1 Å². The number of nitrogens with two attached hydrogens (primary N) is 1. The highest BCUT2D eigenvalue weighted by Gasteiger charge is 2.29. The van der Waals surface area contributed by atoms with Crippen molar-refractivity contribution < 1.29 is 4.39 Å². The maximum absolute atomic E-state index is 13.5. The van der Waals surface area contributed by atoms with Crippen molar-refractivity contribution in [2.45, 2.75) is 32.2 Å². The molecule has 0 unspecified atom stereocenters. The molecule has 32 heavy (non-hydrogen) atoms. The number of halogens is 2. The Kier molecular flexibility index (Phi) is 6.51. The number of hydrogen-bond donors (Lipinski definition) is 2. The van der Waals surface area contributed by atoms with Gasteiger partial charge in [-0.3, -0.25) is 4.90 Å². The third-order valence-corrected chi connectivity index (χ3v) is 6.73. The maximum atomic E-state index is 13.5. The molecule has 170 valence electrons. The number of aryl methyl sites for hydroxylation is 1. The molecule has 1 aliphatic rings. The second-order valence-corrected chi connectivity index (χ2v) is 9.55. The van der Waals surface area contributed by atoms with Crippen LogP contribution in [0.2, 0.25) is 5.02 Å². The average Bonchev–Trinajstić information content (AvgIpc) is 2.76. The molecule has 0 aliphatic carbocycles. The first-order chi connectivity index (χ1) is 15.2. The quantitative estimate of drug-likeness (QED) is 0.523. The Morgan fingerprint density at radius 1 is 1.12 bits per heavy atom. The van der Waals surface area contributed by atoms with Gasteiger partial charge in [0.25, 0.3) is 0 Å². The molecule has 0 saturated carbocycles. The lowest BCUT2D eigenvalue weighted by molar-refractivity contribution is 0.0570. The van der Waals surface area contributed by atoms with Gasteiger partial charge in [0, 0.05) is 48.5 Å². The number of aromatic nitrogens is 2. The number of benzene rings is 2. The van der Waals surface area contributed by atoms with Gasteiger partial charge in [0.15, 0.2) is 0 Å². The van der Waals surface area contributed by atoms with Crippen LogP contribution < -0.4 is 11.1 Å². The molecular weight excluding hydrogens is 427 g/mol. The Balaban J connectivity index is 1.53. The van der Waals surface area contributed by atoms with Crippen LogP contribution in [0, 0.1) is 5.82 Å². The number of anilines is 3. The fraction of sp³-hybridized carbons (Fsp3) is 0.417. The van der Waals surface area contributed by atoms with E-state index in [1.165, 1.54) is 18.5 Å². The molecular formula is C24H30ClFN6. The van der Waals surface area contributed by atoms with Crippen LogP contribution in [0.25, 0.3) is 10.9 Å². The van der Waals surface area contributed by atoms with Crippen molar-refractivity contribution >= 4 is 39.7 Å². The number of fused-ring (bicyclic) bond motifs is 1. The van der Waals surface area contributed by atoms with Crippen LogP contribution in [0.5, 0.6) is 0 Å². The van der Waals surface area contributed by atoms with Crippen LogP contribution in [-0.4, -0.2) is 58.5 Å². The Labute approximate surface area is 193 Å². The molecule has 2 heterocycles. The summed E-state index contributed by atoms with van der Waals surface area (Å²) in [5.74, 6) is 0.145. The number of nitrogen functional groups attached to an aromatic ring is 1. The Morgan fingerprint density at radius 2 is 1.88 bits per heavy atom. The number of nitrogens with zero attached hydrogens (tertiary/aromatic N) is 4. The van der Waals surface area contributed by atoms with E-state index in [9.17, 15) is 4.39 Å². The van der Waals surface area contributed by atoms with Crippen molar-refractivity contribution in [1.82, 2.24) is 19.8 Å². The Morgan fingerprint density at radius 3 is 2.59 bits per heavy atom. The van der Waals surface area contributed by atoms with E-state index >= 15 is 0 Å². The minimum atomic E-state index is -0.460. The first-order valence-corrected chi connectivity index (χ1v) is 11.3. The van der Waals surface area contributed by atoms with Gasteiger partial charge in [-0.05, 0) is 69.6 Å². The monoisotopic (exact) mass is 456 g/mol. The van der Waals surface area contributed by atoms with Crippen molar-refractivity contribution in [2.75, 3.05) is 44.3 Å². The van der Waals surface area contributed by atoms with Gasteiger partial charge in [-0.15, -0.1) is 0 Å². The highest BCUT2D eigenvalue weighted by atomic mass is 35.5. The molecule has 1 saturated heterocycles. The normalized spacial score (nSPS) is 15.9. The number of likely N-dealkylation sites (N-methyl/N-ethyl adjacent to an activating group) is 1. The molecule has 3 N–H and O–H groups in total. The number of rotatable bonds is 6. The molecule has 0 bridgehead atoms. The molecule has 1 aliphatic heterocycles. The summed E-state index contributed by atoms with van der Waals surface area (Å²) in [6.45, 7) is 9.01. The summed E-state index contributed by atoms with van der Waals surface area (Å²) in [4.78, 5) is 13.7. The summed E-state index contributed by atoms with van der Waals surface area (Å²) in [6.07, 6.45) is 3.40. The van der Waals surface area contributed by atoms with Crippen molar-refractivity contribution in [2.24, 2.45) is 0 Å². The molecule has 0 radical (unpaired) electrons. The van der Waals surface area contributed by atoms with E-state index in [0.29, 0.717) is 11.5 Å². The van der Waals surface area contributed by atoms with Crippen LogP contribution in [-0.2, 0) is 6.42 Å². The molecule has 3 aromatic rings. The second kappa shape index (κ2) is 9.17. The molecule has 8 heteroatoms. The first-order valence-electron chi connectivity index (χ1n) is 10.9. The standard InChI is InChI=1S/C24H30ClFN6/c1-24(2,32-10-8-31(3)9-11-32)7-6-16-12-22-18(14-21(16)27)23(29-15-28-22)30-17-4-5-20(26)19(25)13-17/h4-5,12-15H,6-11,27H2,1-3H3,(H,28,29,30). The van der Waals surface area contributed by atoms with Gasteiger partial charge in [0.2, 0.25) is 0 Å². The second-order valence-electron chi connectivity index (χ2n) is 9.15. The Hall–Kier alpha value is -2.48. The summed E-state index contributed by atoms with van der Waals surface area (Å²) in [5, 5.41) is 4.06. The third kappa shape index (κ3) is 4.95. The van der Waals surface area contributed by atoms with Crippen molar-refractivity contribution in [1.29, 1.82) is 0 Å². The minimum absolute atomic E-state index is 0.0538. The highest BCUT2D eigenvalue weighted by molar-refractivity contribution is 6.31. The van der Waals surface area contributed by atoms with Gasteiger partial charge in [0.05, 0.1) is 10.5 Å². The molecule has 1 aromatic heterocycles. The van der Waals surface area contributed by atoms with E-state index in [-0.39, 0.29) is 10.6 Å². The molecule has 0 spiro atoms. The largest absolute Gasteiger partial charge is 0.398 e. The van der Waals surface area contributed by atoms with E-state index < -0.39 is 5.82 Å². The lowest BCUT2D eigenvalue weighted by Gasteiger charge is -2.43. The molecule has 2 aromatic carbocycles. The number of hydrogen-bond acceptors (Lipinski definition) is 6. The third-order valence-electron chi connectivity index (χ3n) is 6.44. The summed E-state index contributed by atoms with van der Waals surface area (Å²) >= 11 is 5.91. The minimum Gasteiger partial charge on any atom is -0.398 e. The highest BCUT2D eigenvalue weighted by Crippen LogP contribution is 2.31. The lowest BCUT2D eigenvalue weighted by atomic mass is 9.91. The van der Waals surface area contributed by atoms with Gasteiger partial charge < -0.3 is 16.0 Å². The van der Waals surface area contributed by atoms with Crippen LogP contribution in [0.4, 0.5) is 21.6 Å². The zero-order valence-corrected chi connectivity index (χ0v) is 19.6. The Bertz CT molecular complexity index is 1110. The predicted molar refractivity (Wildman–Crippen MR) is 130 cm³/mol. The summed E-state index contributed by atoms with van der Waals surface area (Å²) in [7, 11) is 2.18. The topological polar surface area (TPSA) is 70.3 Å². The first kappa shape index (κ1) is 22.7. The fourth-order valence-electron chi connectivity index (χ4n) is 4.20. The summed E-state index contributed by atoms with van der Waals surface area (Å²) in [6, 6.07) is 8.44. The van der Waals surface area contributed by atoms with E-state index in [0.717, 1.165) is 61.2 Å². The van der Waals surface area contributed by atoms with E-state index in [4.69, 9.17) is 17.3 Å². The van der Waals surface area contributed by atoms with Crippen LogP contribution in [0.3, 0.4) is 0 Å². The zero-order valence-electron chi connectivity index (χ0n) is 18.8. The zero-order chi connectivity index (χ0) is 22.9. The number of piperazine rings is 1. The van der Waals surface area contributed by atoms with E-state index in [1.807, 2.05) is 6.07 Å². The summed E-state index contributed by atoms with van der Waals surface area (Å²) in [5.41, 5.74) is 9.82. The molecule has 6 nitrogen and oxygen atoms in total. The van der Waals surface area contributed by atoms with Gasteiger partial charge >= 0.3 is 0 Å². The van der Waals surface area contributed by atoms with Gasteiger partial charge in [0.1, 0.15) is 18.0 Å². The van der Waals surface area contributed by atoms with Crippen molar-refractivity contribution in [3.8, 4) is 0 Å². The maximum Gasteiger partial charge on any atom is 0.141 e. The van der Waals surface area contributed by atoms with Gasteiger partial charge in [-0.2, -0.15) is 0 Å². The lowest BCUT2D eigenvalue weighted by Crippen LogP contribution is -2.53. The van der Waals surface area contributed by atoms with E-state index in [2.05, 4.69) is 52.0 Å². The summed E-state index contributed by atoms with van der Waals surface area (Å²) < 4.78 is 13.5. The van der Waals surface area contributed by atoms with E-state index in [1.54, 1.807) is 6.07 Å². The van der Waals surface area contributed by atoms with Crippen LogP contribution in [0.15, 0.2) is 36.7 Å². The van der Waals surface area contributed by atoms with Crippen molar-refractivity contribution in [3.63, 3.8) is 0 Å². The molecule has 0 amide bonds. The van der Waals surface area contributed by atoms with Crippen LogP contribution >= 0.6 is 11.6 Å². The van der Waals surface area contributed by atoms with Gasteiger partial charge in [-0.1, -0.05) is 11.6 Å². The number of nitrogens with one attached hydrogen (secondary N) is 1.